The van der Waals surface area contributed by atoms with Crippen LogP contribution in [0.5, 0.6) is 0 Å². The van der Waals surface area contributed by atoms with Crippen molar-refractivity contribution in [3.05, 3.63) is 131 Å². The van der Waals surface area contributed by atoms with Crippen LogP contribution >= 0.6 is 22.7 Å². The van der Waals surface area contributed by atoms with Crippen LogP contribution in [0.2, 0.25) is 0 Å². The Morgan fingerprint density at radius 3 is 1.54 bits per heavy atom. The van der Waals surface area contributed by atoms with Crippen LogP contribution in [0.25, 0.3) is 21.1 Å². The topological polar surface area (TPSA) is 185 Å². The summed E-state index contributed by atoms with van der Waals surface area (Å²) in [6, 6.07) is 25.7. The van der Waals surface area contributed by atoms with Crippen LogP contribution in [-0.2, 0) is 11.3 Å². The third-order valence-electron chi connectivity index (χ3n) is 9.15. The van der Waals surface area contributed by atoms with Gasteiger partial charge in [-0.3, -0.25) is 29.0 Å². The molecule has 0 aliphatic rings. The number of aromatic nitrogens is 4. The van der Waals surface area contributed by atoms with E-state index >= 15 is 0 Å². The molecule has 0 saturated carbocycles. The highest BCUT2D eigenvalue weighted by Gasteiger charge is 2.25. The first-order valence-corrected chi connectivity index (χ1v) is 21.3. The molecule has 0 spiro atoms. The number of nitrogens with zero attached hydrogens (tertiary/aromatic N) is 6. The summed E-state index contributed by atoms with van der Waals surface area (Å²) in [6.07, 6.45) is 3.10. The van der Waals surface area contributed by atoms with Gasteiger partial charge in [0.1, 0.15) is 21.6 Å². The van der Waals surface area contributed by atoms with Crippen LogP contribution in [0.3, 0.4) is 0 Å². The molecule has 6 aromatic rings. The number of hydrogen-bond donors (Lipinski definition) is 3. The SMILES string of the molecule is CCCCN(C(=O)c1ccccc1F)c1nnc(-c2ccc(C(=O)N[C@@H](C)CC(=O)O)cc2)s1.CCCCN(C(=O)c1ccccc1F)c1nnc(-c2ccc(CN)cc2)s1. The Hall–Kier alpha value is -6.30. The number of carboxylic acids is 1. The number of nitrogens with one attached hydrogen (secondary N) is 1. The molecule has 61 heavy (non-hydrogen) atoms. The summed E-state index contributed by atoms with van der Waals surface area (Å²) in [5, 5.41) is 30.3. The molecule has 17 heteroatoms. The van der Waals surface area contributed by atoms with Gasteiger partial charge < -0.3 is 16.2 Å². The van der Waals surface area contributed by atoms with E-state index in [1.807, 2.05) is 38.1 Å². The van der Waals surface area contributed by atoms with E-state index in [2.05, 4.69) is 25.7 Å². The molecule has 6 rings (SSSR count). The Kier molecular flexibility index (Phi) is 16.8. The predicted molar refractivity (Wildman–Crippen MR) is 234 cm³/mol. The lowest BCUT2D eigenvalue weighted by Gasteiger charge is -2.19. The Morgan fingerprint density at radius 1 is 0.689 bits per heavy atom. The second kappa shape index (κ2) is 22.3. The van der Waals surface area contributed by atoms with Crippen molar-refractivity contribution in [2.75, 3.05) is 22.9 Å². The Balaban J connectivity index is 0.000000237. The number of carbonyl (C=O) groups excluding carboxylic acids is 3. The second-order valence-corrected chi connectivity index (χ2v) is 15.7. The maximum Gasteiger partial charge on any atom is 0.305 e. The average molecular weight is 869 g/mol. The highest BCUT2D eigenvalue weighted by Crippen LogP contribution is 2.32. The van der Waals surface area contributed by atoms with Gasteiger partial charge in [0.2, 0.25) is 10.3 Å². The van der Waals surface area contributed by atoms with Crippen molar-refractivity contribution in [3.63, 3.8) is 0 Å². The van der Waals surface area contributed by atoms with Gasteiger partial charge in [0, 0.05) is 42.4 Å². The summed E-state index contributed by atoms with van der Waals surface area (Å²) in [4.78, 5) is 52.0. The third-order valence-corrected chi connectivity index (χ3v) is 11.1. The molecule has 0 bridgehead atoms. The second-order valence-electron chi connectivity index (χ2n) is 13.8. The average Bonchev–Trinajstić information content (AvgIpc) is 3.96. The van der Waals surface area contributed by atoms with Crippen LogP contribution in [0.15, 0.2) is 97.1 Å². The van der Waals surface area contributed by atoms with Gasteiger partial charge in [0.05, 0.1) is 17.5 Å². The molecule has 2 aromatic heterocycles. The minimum absolute atomic E-state index is 0.0251. The Bertz CT molecular complexity index is 2410. The summed E-state index contributed by atoms with van der Waals surface area (Å²) in [6.45, 7) is 6.98. The van der Waals surface area contributed by atoms with Crippen molar-refractivity contribution >= 4 is 56.6 Å². The first kappa shape index (κ1) is 45.8. The molecule has 0 unspecified atom stereocenters. The smallest absolute Gasteiger partial charge is 0.305 e. The predicted octanol–water partition coefficient (Wildman–Crippen LogP) is 8.63. The van der Waals surface area contributed by atoms with E-state index in [1.165, 1.54) is 62.8 Å². The van der Waals surface area contributed by atoms with Crippen LogP contribution in [-0.4, -0.2) is 68.3 Å². The Labute approximate surface area is 360 Å². The van der Waals surface area contributed by atoms with E-state index in [9.17, 15) is 28.0 Å². The lowest BCUT2D eigenvalue weighted by Crippen LogP contribution is -2.34. The molecule has 0 radical (unpaired) electrons. The molecule has 1 atom stereocenters. The number of nitrogens with two attached hydrogens (primary N) is 1. The molecule has 0 aliphatic heterocycles. The van der Waals surface area contributed by atoms with Gasteiger partial charge in [-0.1, -0.05) is 110 Å². The number of carboxylic acid groups (broad SMARTS) is 1. The van der Waals surface area contributed by atoms with Crippen LogP contribution in [0.4, 0.5) is 19.0 Å². The fourth-order valence-corrected chi connectivity index (χ4v) is 7.56. The number of aliphatic carboxylic acids is 1. The summed E-state index contributed by atoms with van der Waals surface area (Å²) >= 11 is 2.52. The fourth-order valence-electron chi connectivity index (χ4n) is 5.81. The van der Waals surface area contributed by atoms with Gasteiger partial charge in [-0.2, -0.15) is 0 Å². The first-order chi connectivity index (χ1) is 29.4. The zero-order valence-electron chi connectivity index (χ0n) is 33.9. The van der Waals surface area contributed by atoms with E-state index in [0.717, 1.165) is 36.8 Å². The van der Waals surface area contributed by atoms with Crippen molar-refractivity contribution in [2.24, 2.45) is 5.73 Å². The van der Waals surface area contributed by atoms with E-state index in [1.54, 1.807) is 49.4 Å². The summed E-state index contributed by atoms with van der Waals surface area (Å²) in [7, 11) is 0. The number of anilines is 2. The van der Waals surface area contributed by atoms with Gasteiger partial charge in [-0.05, 0) is 61.7 Å². The van der Waals surface area contributed by atoms with E-state index in [-0.39, 0.29) is 23.5 Å². The molecule has 2 heterocycles. The highest BCUT2D eigenvalue weighted by atomic mass is 32.1. The van der Waals surface area contributed by atoms with Crippen molar-refractivity contribution in [3.8, 4) is 21.1 Å². The van der Waals surface area contributed by atoms with Crippen LogP contribution in [0, 0.1) is 11.6 Å². The van der Waals surface area contributed by atoms with Gasteiger partial charge in [0.25, 0.3) is 17.7 Å². The third kappa shape index (κ3) is 12.4. The van der Waals surface area contributed by atoms with Crippen molar-refractivity contribution in [1.29, 1.82) is 0 Å². The molecule has 0 saturated heterocycles. The zero-order valence-corrected chi connectivity index (χ0v) is 35.5. The van der Waals surface area contributed by atoms with E-state index in [4.69, 9.17) is 10.8 Å². The number of benzene rings is 4. The maximum absolute atomic E-state index is 14.2. The molecule has 4 N–H and O–H groups in total. The Morgan fingerprint density at radius 2 is 1.13 bits per heavy atom. The molecule has 13 nitrogen and oxygen atoms in total. The van der Waals surface area contributed by atoms with Gasteiger partial charge >= 0.3 is 5.97 Å². The first-order valence-electron chi connectivity index (χ1n) is 19.7. The zero-order chi connectivity index (χ0) is 43.9. The molecule has 0 aliphatic carbocycles. The normalized spacial score (nSPS) is 11.2. The molecule has 3 amide bonds. The largest absolute Gasteiger partial charge is 0.481 e. The number of hydrogen-bond acceptors (Lipinski definition) is 11. The fraction of sp³-hybridized carbons (Fsp3) is 0.273. The lowest BCUT2D eigenvalue weighted by atomic mass is 10.1. The maximum atomic E-state index is 14.2. The summed E-state index contributed by atoms with van der Waals surface area (Å²) in [5.41, 5.74) is 8.66. The van der Waals surface area contributed by atoms with Crippen LogP contribution < -0.4 is 20.9 Å². The monoisotopic (exact) mass is 868 g/mol. The van der Waals surface area contributed by atoms with Gasteiger partial charge in [-0.15, -0.1) is 20.4 Å². The van der Waals surface area contributed by atoms with Crippen LogP contribution in [0.1, 0.15) is 89.5 Å². The standard InChI is InChI=1S/C24H25FN4O4S.C20H21FN4OS/c1-3-4-13-29(23(33)18-7-5-6-8-19(18)25)24-28-27-22(34-24)17-11-9-16(10-12-17)21(32)26-15(2)14-20(30)31;1-2-3-12-25(19(26)16-6-4-5-7-17(16)21)20-24-23-18(27-20)15-10-8-14(13-22)9-11-15/h5-12,15H,3-4,13-14H2,1-2H3,(H,26,32)(H,30,31);4-11H,2-3,12-13,22H2,1H3/t15-;/m0./s1. The minimum Gasteiger partial charge on any atom is -0.481 e. The van der Waals surface area contributed by atoms with Gasteiger partial charge in [-0.25, -0.2) is 8.78 Å². The lowest BCUT2D eigenvalue weighted by molar-refractivity contribution is -0.137. The van der Waals surface area contributed by atoms with Crippen molar-refractivity contribution in [1.82, 2.24) is 25.7 Å². The summed E-state index contributed by atoms with van der Waals surface area (Å²) < 4.78 is 28.3. The number of unbranched alkanes of at least 4 members (excludes halogenated alkanes) is 2. The number of rotatable bonds is 17. The molecule has 4 aromatic carbocycles. The van der Waals surface area contributed by atoms with E-state index < -0.39 is 35.5 Å². The molecule has 318 valence electrons. The number of amides is 3. The number of halogens is 2. The van der Waals surface area contributed by atoms with E-state index in [0.29, 0.717) is 51.0 Å². The highest BCUT2D eigenvalue weighted by molar-refractivity contribution is 7.19. The molecular formula is C44H46F2N8O5S2. The quantitative estimate of drug-likeness (QED) is 0.0802. The van der Waals surface area contributed by atoms with Crippen molar-refractivity contribution < 1.29 is 33.1 Å². The number of carbonyl (C=O) groups is 4. The molecule has 0 fully saturated rings. The van der Waals surface area contributed by atoms with Crippen molar-refractivity contribution in [2.45, 2.75) is 65.5 Å². The minimum atomic E-state index is -0.989. The van der Waals surface area contributed by atoms with Gasteiger partial charge in [0.15, 0.2) is 0 Å². The summed E-state index contributed by atoms with van der Waals surface area (Å²) in [5.74, 6) is -3.37. The molecular weight excluding hydrogens is 823 g/mol.